The Bertz CT molecular complexity index is 1110. The lowest BCUT2D eigenvalue weighted by Gasteiger charge is -2.13. The molecule has 1 aliphatic carbocycles. The van der Waals surface area contributed by atoms with Gasteiger partial charge >= 0.3 is 0 Å². The largest absolute Gasteiger partial charge is 0.269 e. The average molecular weight is 365 g/mol. The van der Waals surface area contributed by atoms with Gasteiger partial charge < -0.3 is 0 Å². The van der Waals surface area contributed by atoms with Crippen LogP contribution in [0.5, 0.6) is 0 Å². The number of hydrogen-bond acceptors (Lipinski definition) is 5. The third-order valence-corrected chi connectivity index (χ3v) is 6.16. The number of fused-ring (bicyclic) bond motifs is 4. The SMILES string of the molecule is O=C1c2ccccc2C(=O)N1Cc1cc(=O)n2c3c(sc2n1)CCCC3. The van der Waals surface area contributed by atoms with Gasteiger partial charge in [0.2, 0.25) is 0 Å². The van der Waals surface area contributed by atoms with Gasteiger partial charge in [0, 0.05) is 16.6 Å². The number of carbonyl (C=O) groups is 2. The van der Waals surface area contributed by atoms with Gasteiger partial charge in [-0.15, -0.1) is 11.3 Å². The molecule has 7 heteroatoms. The van der Waals surface area contributed by atoms with E-state index in [4.69, 9.17) is 0 Å². The number of nitrogens with zero attached hydrogens (tertiary/aromatic N) is 3. The highest BCUT2D eigenvalue weighted by Crippen LogP contribution is 2.29. The zero-order valence-electron chi connectivity index (χ0n) is 13.9. The summed E-state index contributed by atoms with van der Waals surface area (Å²) in [6.07, 6.45) is 4.10. The molecule has 26 heavy (non-hydrogen) atoms. The molecule has 2 amide bonds. The van der Waals surface area contributed by atoms with Crippen LogP contribution in [0.4, 0.5) is 0 Å². The van der Waals surface area contributed by atoms with Crippen LogP contribution in [0.3, 0.4) is 0 Å². The van der Waals surface area contributed by atoms with Crippen molar-refractivity contribution < 1.29 is 9.59 Å². The number of carbonyl (C=O) groups excluding carboxylic acids is 2. The third kappa shape index (κ3) is 2.17. The van der Waals surface area contributed by atoms with Gasteiger partial charge in [-0.05, 0) is 37.8 Å². The van der Waals surface area contributed by atoms with Crippen LogP contribution in [-0.2, 0) is 19.4 Å². The molecule has 1 aliphatic heterocycles. The van der Waals surface area contributed by atoms with E-state index in [1.54, 1.807) is 28.7 Å². The molecule has 6 nitrogen and oxygen atoms in total. The summed E-state index contributed by atoms with van der Waals surface area (Å²) >= 11 is 1.54. The predicted octanol–water partition coefficient (Wildman–Crippen LogP) is 2.43. The Morgan fingerprint density at radius 1 is 1.00 bits per heavy atom. The molecule has 2 aromatic heterocycles. The maximum atomic E-state index is 12.6. The number of benzene rings is 1. The van der Waals surface area contributed by atoms with Crippen molar-refractivity contribution in [3.8, 4) is 0 Å². The summed E-state index contributed by atoms with van der Waals surface area (Å²) in [4.78, 5) is 45.3. The van der Waals surface area contributed by atoms with E-state index in [2.05, 4.69) is 4.98 Å². The van der Waals surface area contributed by atoms with Crippen molar-refractivity contribution >= 4 is 28.1 Å². The molecule has 0 N–H and O–H groups in total. The Morgan fingerprint density at radius 2 is 1.69 bits per heavy atom. The van der Waals surface area contributed by atoms with Crippen LogP contribution in [0.2, 0.25) is 0 Å². The van der Waals surface area contributed by atoms with Gasteiger partial charge in [-0.2, -0.15) is 0 Å². The fourth-order valence-corrected chi connectivity index (χ4v) is 5.00. The Hall–Kier alpha value is -2.80. The number of aromatic nitrogens is 2. The lowest BCUT2D eigenvalue weighted by Crippen LogP contribution is -2.30. The van der Waals surface area contributed by atoms with Crippen LogP contribution in [-0.4, -0.2) is 26.1 Å². The zero-order chi connectivity index (χ0) is 17.8. The maximum absolute atomic E-state index is 12.6. The Labute approximate surface area is 152 Å². The van der Waals surface area contributed by atoms with Gasteiger partial charge in [0.1, 0.15) is 0 Å². The van der Waals surface area contributed by atoms with Crippen molar-refractivity contribution in [3.63, 3.8) is 0 Å². The summed E-state index contributed by atoms with van der Waals surface area (Å²) in [6, 6.07) is 8.21. The summed E-state index contributed by atoms with van der Waals surface area (Å²) < 4.78 is 1.69. The van der Waals surface area contributed by atoms with Gasteiger partial charge in [-0.25, -0.2) is 4.98 Å². The smallest absolute Gasteiger partial charge is 0.261 e. The van der Waals surface area contributed by atoms with E-state index < -0.39 is 0 Å². The lowest BCUT2D eigenvalue weighted by atomic mass is 10.0. The molecular weight excluding hydrogens is 350 g/mol. The zero-order valence-corrected chi connectivity index (χ0v) is 14.7. The van der Waals surface area contributed by atoms with E-state index in [0.717, 1.165) is 36.3 Å². The maximum Gasteiger partial charge on any atom is 0.261 e. The van der Waals surface area contributed by atoms with Crippen LogP contribution in [0.15, 0.2) is 35.1 Å². The Kier molecular flexibility index (Phi) is 3.33. The van der Waals surface area contributed by atoms with Gasteiger partial charge in [0.05, 0.1) is 23.4 Å². The molecule has 0 atom stereocenters. The van der Waals surface area contributed by atoms with Crippen LogP contribution in [0.1, 0.15) is 49.8 Å². The highest BCUT2D eigenvalue weighted by atomic mass is 32.1. The number of amides is 2. The van der Waals surface area contributed by atoms with Gasteiger partial charge in [-0.1, -0.05) is 12.1 Å². The summed E-state index contributed by atoms with van der Waals surface area (Å²) in [6.45, 7) is 0.0145. The molecule has 3 heterocycles. The standard InChI is InChI=1S/C19H15N3O3S/c23-16-9-11(20-19-22(16)14-7-3-4-8-15(14)26-19)10-21-17(24)12-5-1-2-6-13(12)18(21)25/h1-2,5-6,9H,3-4,7-8,10H2. The number of aryl methyl sites for hydroxylation is 2. The summed E-state index contributed by atoms with van der Waals surface area (Å²) in [5.41, 5.74) is 2.19. The van der Waals surface area contributed by atoms with E-state index in [1.807, 2.05) is 0 Å². The summed E-state index contributed by atoms with van der Waals surface area (Å²) in [7, 11) is 0. The number of hydrogen-bond donors (Lipinski definition) is 0. The molecule has 5 rings (SSSR count). The van der Waals surface area contributed by atoms with Crippen molar-refractivity contribution in [1.29, 1.82) is 0 Å². The molecule has 0 saturated carbocycles. The predicted molar refractivity (Wildman–Crippen MR) is 96.6 cm³/mol. The van der Waals surface area contributed by atoms with E-state index >= 15 is 0 Å². The normalized spacial score (nSPS) is 16.2. The van der Waals surface area contributed by atoms with Crippen molar-refractivity contribution in [1.82, 2.24) is 14.3 Å². The minimum atomic E-state index is -0.335. The van der Waals surface area contributed by atoms with Crippen LogP contribution in [0.25, 0.3) is 4.96 Å². The Morgan fingerprint density at radius 3 is 2.42 bits per heavy atom. The van der Waals surface area contributed by atoms with Crippen LogP contribution >= 0.6 is 11.3 Å². The van der Waals surface area contributed by atoms with E-state index in [9.17, 15) is 14.4 Å². The van der Waals surface area contributed by atoms with Gasteiger partial charge in [0.25, 0.3) is 17.4 Å². The number of rotatable bonds is 2. The fraction of sp³-hybridized carbons (Fsp3) is 0.263. The summed E-state index contributed by atoms with van der Waals surface area (Å²) in [5, 5.41) is 0. The van der Waals surface area contributed by atoms with Gasteiger partial charge in [0.15, 0.2) is 4.96 Å². The molecule has 0 fully saturated rings. The number of imide groups is 1. The minimum absolute atomic E-state index is 0.0145. The van der Waals surface area contributed by atoms with Crippen molar-refractivity contribution in [3.05, 3.63) is 68.1 Å². The second kappa shape index (κ2) is 5.60. The second-order valence-electron chi connectivity index (χ2n) is 6.62. The molecule has 3 aromatic rings. The van der Waals surface area contributed by atoms with Crippen LogP contribution < -0.4 is 5.56 Å². The molecule has 0 bridgehead atoms. The fourth-order valence-electron chi connectivity index (χ4n) is 3.77. The Balaban J connectivity index is 1.54. The first-order chi connectivity index (χ1) is 12.6. The highest BCUT2D eigenvalue weighted by molar-refractivity contribution is 7.17. The van der Waals surface area contributed by atoms with E-state index in [0.29, 0.717) is 21.8 Å². The first-order valence-electron chi connectivity index (χ1n) is 8.62. The lowest BCUT2D eigenvalue weighted by molar-refractivity contribution is 0.0640. The molecule has 0 saturated heterocycles. The van der Waals surface area contributed by atoms with Crippen molar-refractivity contribution in [2.24, 2.45) is 0 Å². The minimum Gasteiger partial charge on any atom is -0.269 e. The molecule has 1 aromatic carbocycles. The van der Waals surface area contributed by atoms with Crippen molar-refractivity contribution in [2.75, 3.05) is 0 Å². The first-order valence-corrected chi connectivity index (χ1v) is 9.43. The molecule has 0 unspecified atom stereocenters. The van der Waals surface area contributed by atoms with E-state index in [-0.39, 0.29) is 23.9 Å². The molecular formula is C19H15N3O3S. The second-order valence-corrected chi connectivity index (χ2v) is 7.69. The highest BCUT2D eigenvalue weighted by Gasteiger charge is 2.35. The average Bonchev–Trinajstić information content (AvgIpc) is 3.13. The molecule has 130 valence electrons. The van der Waals surface area contributed by atoms with Gasteiger partial charge in [-0.3, -0.25) is 23.7 Å². The molecule has 2 aliphatic rings. The monoisotopic (exact) mass is 365 g/mol. The first kappa shape index (κ1) is 15.5. The quantitative estimate of drug-likeness (QED) is 0.654. The topological polar surface area (TPSA) is 71.8 Å². The number of thiazole rings is 1. The molecule has 0 radical (unpaired) electrons. The van der Waals surface area contributed by atoms with E-state index in [1.165, 1.54) is 22.3 Å². The van der Waals surface area contributed by atoms with Crippen LogP contribution in [0, 0.1) is 0 Å². The van der Waals surface area contributed by atoms with Crippen molar-refractivity contribution in [2.45, 2.75) is 32.2 Å². The third-order valence-electron chi connectivity index (χ3n) is 5.01. The summed E-state index contributed by atoms with van der Waals surface area (Å²) in [5.74, 6) is -0.670. The molecule has 0 spiro atoms.